The van der Waals surface area contributed by atoms with Crippen LogP contribution in [0.25, 0.3) is 33.5 Å². The van der Waals surface area contributed by atoms with E-state index in [4.69, 9.17) is 26.2 Å². The number of carbonyl (C=O) groups is 1. The number of morpholine rings is 1. The van der Waals surface area contributed by atoms with Crippen LogP contribution in [0, 0.1) is 5.82 Å². The molecule has 1 aromatic carbocycles. The molecule has 0 bridgehead atoms. The quantitative estimate of drug-likeness (QED) is 0.383. The summed E-state index contributed by atoms with van der Waals surface area (Å²) in [6, 6.07) is 2.89. The third-order valence-electron chi connectivity index (χ3n) is 5.92. The lowest BCUT2D eigenvalue weighted by atomic mass is 10.1. The summed E-state index contributed by atoms with van der Waals surface area (Å²) in [5.41, 5.74) is 2.06. The molecule has 0 spiro atoms. The number of aromatic nitrogens is 5. The number of hydrogen-bond donors (Lipinski definition) is 2. The molecule has 0 aliphatic carbocycles. The fourth-order valence-electron chi connectivity index (χ4n) is 4.27. The van der Waals surface area contributed by atoms with Gasteiger partial charge in [-0.2, -0.15) is 5.10 Å². The molecule has 0 radical (unpaired) electrons. The number of carbonyl (C=O) groups excluding carboxylic acids is 1. The molecule has 0 saturated carbocycles. The van der Waals surface area contributed by atoms with Gasteiger partial charge in [0, 0.05) is 43.4 Å². The van der Waals surface area contributed by atoms with E-state index in [-0.39, 0.29) is 11.8 Å². The zero-order valence-corrected chi connectivity index (χ0v) is 20.8. The standard InChI is InChI=1S/C24H27ClFN7O3/c1-14(2)29-24(34)36-19-13-28-23-22(19)30-17(12-27-23)21-20-16(26)10-15(25)11-18(20)33(31-21)5-3-4-32-6-8-35-9-7-32/h10-14H,3-9H2,1-2H3,(H,27,28)(H,29,34). The number of nitrogens with zero attached hydrogens (tertiary/aromatic N) is 5. The number of ether oxygens (including phenoxy) is 2. The molecule has 0 atom stereocenters. The van der Waals surface area contributed by atoms with Gasteiger partial charge in [0.2, 0.25) is 0 Å². The van der Waals surface area contributed by atoms with Crippen molar-refractivity contribution in [1.82, 2.24) is 34.9 Å². The van der Waals surface area contributed by atoms with Crippen molar-refractivity contribution < 1.29 is 18.7 Å². The summed E-state index contributed by atoms with van der Waals surface area (Å²) in [6.07, 6.45) is 3.26. The minimum absolute atomic E-state index is 0.0854. The Balaban J connectivity index is 1.47. The van der Waals surface area contributed by atoms with Crippen molar-refractivity contribution in [2.75, 3.05) is 32.8 Å². The van der Waals surface area contributed by atoms with Crippen LogP contribution < -0.4 is 10.1 Å². The molecule has 36 heavy (non-hydrogen) atoms. The van der Waals surface area contributed by atoms with Crippen LogP contribution >= 0.6 is 11.6 Å². The lowest BCUT2D eigenvalue weighted by Gasteiger charge is -2.26. The monoisotopic (exact) mass is 515 g/mol. The fraction of sp³-hybridized carbons (Fsp3) is 0.417. The predicted molar refractivity (Wildman–Crippen MR) is 134 cm³/mol. The predicted octanol–water partition coefficient (Wildman–Crippen LogP) is 3.99. The Hall–Kier alpha value is -3.28. The van der Waals surface area contributed by atoms with Crippen molar-refractivity contribution >= 4 is 39.8 Å². The number of amides is 1. The van der Waals surface area contributed by atoms with Gasteiger partial charge in [0.15, 0.2) is 16.9 Å². The van der Waals surface area contributed by atoms with Crippen LogP contribution in [0.2, 0.25) is 5.02 Å². The number of aromatic amines is 1. The average molecular weight is 516 g/mol. The van der Waals surface area contributed by atoms with Crippen LogP contribution in [0.3, 0.4) is 0 Å². The van der Waals surface area contributed by atoms with Crippen LogP contribution in [-0.2, 0) is 11.3 Å². The molecule has 12 heteroatoms. The lowest BCUT2D eigenvalue weighted by Crippen LogP contribution is -2.37. The normalized spacial score (nSPS) is 14.7. The van der Waals surface area contributed by atoms with Gasteiger partial charge in [0.1, 0.15) is 17.2 Å². The molecular weight excluding hydrogens is 489 g/mol. The minimum atomic E-state index is -0.603. The van der Waals surface area contributed by atoms with Crippen LogP contribution in [0.1, 0.15) is 20.3 Å². The molecule has 4 heterocycles. The van der Waals surface area contributed by atoms with Crippen molar-refractivity contribution in [1.29, 1.82) is 0 Å². The van der Waals surface area contributed by atoms with Crippen molar-refractivity contribution in [2.45, 2.75) is 32.9 Å². The van der Waals surface area contributed by atoms with E-state index >= 15 is 4.39 Å². The van der Waals surface area contributed by atoms with Gasteiger partial charge in [-0.05, 0) is 32.4 Å². The lowest BCUT2D eigenvalue weighted by molar-refractivity contribution is 0.0368. The van der Waals surface area contributed by atoms with E-state index in [2.05, 4.69) is 25.2 Å². The Morgan fingerprint density at radius 1 is 1.31 bits per heavy atom. The van der Waals surface area contributed by atoms with Gasteiger partial charge in [0.25, 0.3) is 0 Å². The van der Waals surface area contributed by atoms with Gasteiger partial charge >= 0.3 is 6.09 Å². The number of rotatable bonds is 7. The van der Waals surface area contributed by atoms with E-state index in [1.165, 1.54) is 18.5 Å². The molecule has 1 amide bonds. The third kappa shape index (κ3) is 5.13. The van der Waals surface area contributed by atoms with Crippen molar-refractivity contribution in [3.8, 4) is 17.1 Å². The Morgan fingerprint density at radius 3 is 2.89 bits per heavy atom. The number of halogens is 2. The number of aryl methyl sites for hydroxylation is 1. The van der Waals surface area contributed by atoms with E-state index in [0.29, 0.717) is 45.0 Å². The highest BCUT2D eigenvalue weighted by Gasteiger charge is 2.21. The maximum atomic E-state index is 15.2. The molecule has 1 fully saturated rings. The first-order chi connectivity index (χ1) is 17.4. The fourth-order valence-corrected chi connectivity index (χ4v) is 4.47. The first-order valence-corrected chi connectivity index (χ1v) is 12.3. The zero-order valence-electron chi connectivity index (χ0n) is 20.1. The molecule has 10 nitrogen and oxygen atoms in total. The minimum Gasteiger partial charge on any atom is -0.406 e. The number of hydrogen-bond acceptors (Lipinski definition) is 7. The summed E-state index contributed by atoms with van der Waals surface area (Å²) in [7, 11) is 0. The maximum Gasteiger partial charge on any atom is 0.412 e. The SMILES string of the molecule is CC(C)NC(=O)Oc1c[nH]c2ncc(-c3nn(CCCN4CCOCC4)c4cc(Cl)cc(F)c34)nc12. The molecule has 2 N–H and O–H groups in total. The van der Waals surface area contributed by atoms with Crippen molar-refractivity contribution in [3.05, 3.63) is 35.4 Å². The highest BCUT2D eigenvalue weighted by atomic mass is 35.5. The molecule has 1 saturated heterocycles. The highest BCUT2D eigenvalue weighted by Crippen LogP contribution is 2.33. The van der Waals surface area contributed by atoms with E-state index < -0.39 is 11.9 Å². The topological polar surface area (TPSA) is 110 Å². The van der Waals surface area contributed by atoms with Crippen LogP contribution in [0.15, 0.2) is 24.5 Å². The maximum absolute atomic E-state index is 15.2. The van der Waals surface area contributed by atoms with E-state index in [9.17, 15) is 4.79 Å². The van der Waals surface area contributed by atoms with Crippen molar-refractivity contribution in [2.24, 2.45) is 0 Å². The van der Waals surface area contributed by atoms with Crippen LogP contribution in [-0.4, -0.2) is 74.6 Å². The molecular formula is C24H27ClFN7O3. The Kier molecular flexibility index (Phi) is 7.04. The molecule has 1 aliphatic heterocycles. The van der Waals surface area contributed by atoms with E-state index in [0.717, 1.165) is 39.3 Å². The zero-order chi connectivity index (χ0) is 25.2. The van der Waals surface area contributed by atoms with E-state index in [1.54, 1.807) is 10.7 Å². The van der Waals surface area contributed by atoms with Gasteiger partial charge < -0.3 is 19.8 Å². The van der Waals surface area contributed by atoms with Crippen LogP contribution in [0.5, 0.6) is 5.75 Å². The van der Waals surface area contributed by atoms with Gasteiger partial charge in [-0.25, -0.2) is 19.2 Å². The second kappa shape index (κ2) is 10.4. The summed E-state index contributed by atoms with van der Waals surface area (Å²) in [4.78, 5) is 26.4. The largest absolute Gasteiger partial charge is 0.412 e. The highest BCUT2D eigenvalue weighted by molar-refractivity contribution is 6.31. The Bertz CT molecular complexity index is 1400. The van der Waals surface area contributed by atoms with Crippen molar-refractivity contribution in [3.63, 3.8) is 0 Å². The van der Waals surface area contributed by atoms with E-state index in [1.807, 2.05) is 13.8 Å². The molecule has 190 valence electrons. The second-order valence-electron chi connectivity index (χ2n) is 8.95. The van der Waals surface area contributed by atoms with Crippen LogP contribution in [0.4, 0.5) is 9.18 Å². The molecule has 5 rings (SSSR count). The van der Waals surface area contributed by atoms with Gasteiger partial charge in [-0.15, -0.1) is 0 Å². The first kappa shape index (κ1) is 24.4. The second-order valence-corrected chi connectivity index (χ2v) is 9.39. The van der Waals surface area contributed by atoms with Gasteiger partial charge in [-0.1, -0.05) is 11.6 Å². The molecule has 4 aromatic rings. The summed E-state index contributed by atoms with van der Waals surface area (Å²) in [6.45, 7) is 8.40. The number of H-pyrrole nitrogens is 1. The summed E-state index contributed by atoms with van der Waals surface area (Å²) >= 11 is 6.19. The molecule has 0 unspecified atom stereocenters. The first-order valence-electron chi connectivity index (χ1n) is 11.9. The van der Waals surface area contributed by atoms with Gasteiger partial charge in [-0.3, -0.25) is 9.58 Å². The number of fused-ring (bicyclic) bond motifs is 2. The summed E-state index contributed by atoms with van der Waals surface area (Å²) < 4.78 is 27.7. The van der Waals surface area contributed by atoms with Gasteiger partial charge in [0.05, 0.1) is 30.3 Å². The number of nitrogens with one attached hydrogen (secondary N) is 2. The average Bonchev–Trinajstić information content (AvgIpc) is 3.40. The Labute approximate surface area is 211 Å². The Morgan fingerprint density at radius 2 is 2.11 bits per heavy atom. The summed E-state index contributed by atoms with van der Waals surface area (Å²) in [5.74, 6) is -0.272. The smallest absolute Gasteiger partial charge is 0.406 e. The molecule has 1 aliphatic rings. The number of benzene rings is 1. The molecule has 3 aromatic heterocycles. The third-order valence-corrected chi connectivity index (χ3v) is 6.13. The summed E-state index contributed by atoms with van der Waals surface area (Å²) in [5, 5.41) is 7.98.